The molecule has 5 heteroatoms. The predicted octanol–water partition coefficient (Wildman–Crippen LogP) is 1.61. The van der Waals surface area contributed by atoms with Gasteiger partial charge in [-0.2, -0.15) is 0 Å². The lowest BCUT2D eigenvalue weighted by molar-refractivity contribution is 0.165. The molecule has 2 aromatic rings. The average molecular weight is 260 g/mol. The average Bonchev–Trinajstić information content (AvgIpc) is 2.84. The minimum atomic E-state index is -0.0484. The van der Waals surface area contributed by atoms with Crippen molar-refractivity contribution >= 4 is 5.65 Å². The van der Waals surface area contributed by atoms with Crippen LogP contribution in [0.3, 0.4) is 0 Å². The third-order valence-corrected chi connectivity index (χ3v) is 3.96. The van der Waals surface area contributed by atoms with Gasteiger partial charge < -0.3 is 4.90 Å². The van der Waals surface area contributed by atoms with Gasteiger partial charge in [0.05, 0.1) is 0 Å². The van der Waals surface area contributed by atoms with E-state index in [-0.39, 0.29) is 5.56 Å². The van der Waals surface area contributed by atoms with E-state index in [9.17, 15) is 4.79 Å². The minimum Gasteiger partial charge on any atom is -0.300 e. The number of piperidine rings is 1. The van der Waals surface area contributed by atoms with E-state index < -0.39 is 0 Å². The largest absolute Gasteiger partial charge is 0.300 e. The summed E-state index contributed by atoms with van der Waals surface area (Å²) in [6.07, 6.45) is 2.33. The smallest absolute Gasteiger partial charge is 0.271 e. The summed E-state index contributed by atoms with van der Waals surface area (Å²) in [6, 6.07) is 5.74. The van der Waals surface area contributed by atoms with Crippen LogP contribution >= 0.6 is 0 Å². The van der Waals surface area contributed by atoms with Crippen molar-refractivity contribution in [1.29, 1.82) is 0 Å². The fourth-order valence-electron chi connectivity index (χ4n) is 2.82. The molecule has 5 nitrogen and oxygen atoms in total. The van der Waals surface area contributed by atoms with Gasteiger partial charge in [0.15, 0.2) is 5.65 Å². The van der Waals surface area contributed by atoms with Crippen LogP contribution in [0.5, 0.6) is 0 Å². The highest BCUT2D eigenvalue weighted by Gasteiger charge is 2.25. The SMILES string of the molecule is CC(C)N1CCCC(c2nc3cccc(=O)n3[nH]2)C1. The lowest BCUT2D eigenvalue weighted by Gasteiger charge is -2.34. The van der Waals surface area contributed by atoms with Crippen LogP contribution in [-0.2, 0) is 0 Å². The maximum Gasteiger partial charge on any atom is 0.271 e. The van der Waals surface area contributed by atoms with E-state index in [0.717, 1.165) is 25.3 Å². The van der Waals surface area contributed by atoms with Crippen molar-refractivity contribution < 1.29 is 0 Å². The number of H-pyrrole nitrogens is 1. The molecule has 2 aromatic heterocycles. The highest BCUT2D eigenvalue weighted by molar-refractivity contribution is 5.36. The third-order valence-electron chi connectivity index (χ3n) is 3.96. The first-order valence-corrected chi connectivity index (χ1v) is 6.97. The number of hydrogen-bond acceptors (Lipinski definition) is 3. The number of rotatable bonds is 2. The van der Waals surface area contributed by atoms with Gasteiger partial charge in [0, 0.05) is 24.6 Å². The number of aromatic amines is 1. The van der Waals surface area contributed by atoms with Crippen molar-refractivity contribution in [3.05, 3.63) is 34.4 Å². The summed E-state index contributed by atoms with van der Waals surface area (Å²) < 4.78 is 1.53. The van der Waals surface area contributed by atoms with Gasteiger partial charge in [-0.3, -0.25) is 9.89 Å². The van der Waals surface area contributed by atoms with E-state index >= 15 is 0 Å². The van der Waals surface area contributed by atoms with Gasteiger partial charge in [-0.05, 0) is 39.3 Å². The van der Waals surface area contributed by atoms with E-state index in [4.69, 9.17) is 0 Å². The summed E-state index contributed by atoms with van der Waals surface area (Å²) in [5.41, 5.74) is 0.664. The van der Waals surface area contributed by atoms with Gasteiger partial charge in [0.2, 0.25) is 0 Å². The van der Waals surface area contributed by atoms with Crippen LogP contribution in [-0.4, -0.2) is 38.6 Å². The zero-order valence-corrected chi connectivity index (χ0v) is 11.5. The molecule has 0 spiro atoms. The second-order valence-electron chi connectivity index (χ2n) is 5.59. The van der Waals surface area contributed by atoms with Crippen molar-refractivity contribution in [2.45, 2.75) is 38.6 Å². The zero-order valence-electron chi connectivity index (χ0n) is 11.5. The molecule has 0 bridgehead atoms. The van der Waals surface area contributed by atoms with Gasteiger partial charge in [-0.15, -0.1) is 0 Å². The van der Waals surface area contributed by atoms with Crippen LogP contribution in [0.1, 0.15) is 38.4 Å². The Kier molecular flexibility index (Phi) is 3.14. The van der Waals surface area contributed by atoms with E-state index in [1.165, 1.54) is 10.9 Å². The van der Waals surface area contributed by atoms with Crippen LogP contribution in [0, 0.1) is 0 Å². The molecule has 3 heterocycles. The number of pyridine rings is 1. The predicted molar refractivity (Wildman–Crippen MR) is 74.5 cm³/mol. The van der Waals surface area contributed by atoms with Gasteiger partial charge >= 0.3 is 0 Å². The van der Waals surface area contributed by atoms with Crippen molar-refractivity contribution in [1.82, 2.24) is 19.5 Å². The van der Waals surface area contributed by atoms with Crippen molar-refractivity contribution in [3.8, 4) is 0 Å². The number of likely N-dealkylation sites (tertiary alicyclic amines) is 1. The zero-order chi connectivity index (χ0) is 13.4. The summed E-state index contributed by atoms with van der Waals surface area (Å²) in [4.78, 5) is 18.8. The summed E-state index contributed by atoms with van der Waals surface area (Å²) in [7, 11) is 0. The summed E-state index contributed by atoms with van der Waals surface area (Å²) >= 11 is 0. The topological polar surface area (TPSA) is 53.4 Å². The molecule has 1 atom stereocenters. The molecule has 102 valence electrons. The van der Waals surface area contributed by atoms with Crippen LogP contribution < -0.4 is 5.56 Å². The van der Waals surface area contributed by atoms with E-state index in [0.29, 0.717) is 17.6 Å². The number of fused-ring (bicyclic) bond motifs is 1. The van der Waals surface area contributed by atoms with E-state index in [2.05, 4.69) is 28.8 Å². The molecule has 0 aromatic carbocycles. The summed E-state index contributed by atoms with van der Waals surface area (Å²) in [5, 5.41) is 3.16. The van der Waals surface area contributed by atoms with Crippen LogP contribution in [0.4, 0.5) is 0 Å². The Morgan fingerprint density at radius 2 is 2.26 bits per heavy atom. The number of hydrogen-bond donors (Lipinski definition) is 1. The van der Waals surface area contributed by atoms with Gasteiger partial charge in [0.25, 0.3) is 5.56 Å². The summed E-state index contributed by atoms with van der Waals surface area (Å²) in [5.74, 6) is 1.34. The molecule has 0 saturated carbocycles. The maximum absolute atomic E-state index is 11.7. The second-order valence-corrected chi connectivity index (χ2v) is 5.59. The van der Waals surface area contributed by atoms with Gasteiger partial charge in [-0.1, -0.05) is 6.07 Å². The third kappa shape index (κ3) is 2.30. The molecular weight excluding hydrogens is 240 g/mol. The molecule has 1 aliphatic rings. The lowest BCUT2D eigenvalue weighted by atomic mass is 9.96. The molecule has 0 aliphatic carbocycles. The first-order chi connectivity index (χ1) is 9.15. The normalized spacial score (nSPS) is 21.3. The molecule has 1 saturated heterocycles. The molecule has 1 fully saturated rings. The molecular formula is C14H20N4O. The Morgan fingerprint density at radius 1 is 1.42 bits per heavy atom. The van der Waals surface area contributed by atoms with Crippen LogP contribution in [0.25, 0.3) is 5.65 Å². The molecule has 0 amide bonds. The highest BCUT2D eigenvalue weighted by Crippen LogP contribution is 2.25. The Bertz CT molecular complexity index is 628. The van der Waals surface area contributed by atoms with Gasteiger partial charge in [0.1, 0.15) is 5.82 Å². The fraction of sp³-hybridized carbons (Fsp3) is 0.571. The molecule has 1 aliphatic heterocycles. The van der Waals surface area contributed by atoms with Crippen molar-refractivity contribution in [2.24, 2.45) is 0 Å². The second kappa shape index (κ2) is 4.81. The maximum atomic E-state index is 11.7. The first kappa shape index (κ1) is 12.4. The fourth-order valence-corrected chi connectivity index (χ4v) is 2.82. The monoisotopic (exact) mass is 260 g/mol. The molecule has 19 heavy (non-hydrogen) atoms. The Hall–Kier alpha value is -1.62. The molecule has 1 unspecified atom stereocenters. The van der Waals surface area contributed by atoms with Crippen LogP contribution in [0.2, 0.25) is 0 Å². The van der Waals surface area contributed by atoms with E-state index in [1.54, 1.807) is 12.1 Å². The van der Waals surface area contributed by atoms with Crippen molar-refractivity contribution in [3.63, 3.8) is 0 Å². The number of aromatic nitrogens is 3. The highest BCUT2D eigenvalue weighted by atomic mass is 16.1. The molecule has 3 rings (SSSR count). The Labute approximate surface area is 112 Å². The van der Waals surface area contributed by atoms with E-state index in [1.807, 2.05) is 6.07 Å². The van der Waals surface area contributed by atoms with Gasteiger partial charge in [-0.25, -0.2) is 9.50 Å². The molecule has 0 radical (unpaired) electrons. The Morgan fingerprint density at radius 3 is 3.00 bits per heavy atom. The number of nitrogens with zero attached hydrogens (tertiary/aromatic N) is 3. The first-order valence-electron chi connectivity index (χ1n) is 6.97. The minimum absolute atomic E-state index is 0.0484. The van der Waals surface area contributed by atoms with Crippen LogP contribution in [0.15, 0.2) is 23.0 Å². The lowest BCUT2D eigenvalue weighted by Crippen LogP contribution is -2.39. The number of nitrogens with one attached hydrogen (secondary N) is 1. The molecule has 1 N–H and O–H groups in total. The standard InChI is InChI=1S/C14H20N4O/c1-10(2)17-8-4-5-11(9-17)14-15-12-6-3-7-13(19)18(12)16-14/h3,6-7,10-11H,4-5,8-9H2,1-2H3,(H,15,16). The van der Waals surface area contributed by atoms with Crippen molar-refractivity contribution in [2.75, 3.05) is 13.1 Å². The Balaban J connectivity index is 1.91. The summed E-state index contributed by atoms with van der Waals surface area (Å²) in [6.45, 7) is 6.64. The quantitative estimate of drug-likeness (QED) is 0.892.